The van der Waals surface area contributed by atoms with Gasteiger partial charge in [-0.2, -0.15) is 0 Å². The highest BCUT2D eigenvalue weighted by Crippen LogP contribution is 2.28. The van der Waals surface area contributed by atoms with Crippen molar-refractivity contribution in [1.29, 1.82) is 0 Å². The third kappa shape index (κ3) is 2.22. The molecule has 0 saturated carbocycles. The van der Waals surface area contributed by atoms with Crippen LogP contribution in [0.2, 0.25) is 0 Å². The van der Waals surface area contributed by atoms with Gasteiger partial charge in [0, 0.05) is 18.7 Å². The fourth-order valence-electron chi connectivity index (χ4n) is 2.02. The van der Waals surface area contributed by atoms with E-state index in [1.807, 2.05) is 12.1 Å². The Labute approximate surface area is 119 Å². The number of nitrogens with zero attached hydrogens (tertiary/aromatic N) is 3. The highest BCUT2D eigenvalue weighted by atomic mass is 16.6. The molecule has 0 amide bonds. The number of rotatable bonds is 3. The van der Waals surface area contributed by atoms with Crippen molar-refractivity contribution in [1.82, 2.24) is 15.0 Å². The van der Waals surface area contributed by atoms with Crippen LogP contribution in [0.25, 0.3) is 22.6 Å². The summed E-state index contributed by atoms with van der Waals surface area (Å²) in [5.41, 5.74) is 7.44. The van der Waals surface area contributed by atoms with E-state index in [1.54, 1.807) is 13.1 Å². The molecule has 4 N–H and O–H groups in total. The van der Waals surface area contributed by atoms with Crippen molar-refractivity contribution in [3.63, 3.8) is 0 Å². The fourth-order valence-corrected chi connectivity index (χ4v) is 2.02. The van der Waals surface area contributed by atoms with Crippen LogP contribution in [0.5, 0.6) is 0 Å². The van der Waals surface area contributed by atoms with Gasteiger partial charge < -0.3 is 16.0 Å². The second-order valence-corrected chi connectivity index (χ2v) is 4.43. The summed E-state index contributed by atoms with van der Waals surface area (Å²) in [4.78, 5) is 22.2. The Morgan fingerprint density at radius 3 is 2.81 bits per heavy atom. The van der Waals surface area contributed by atoms with Crippen molar-refractivity contribution in [3.8, 4) is 11.4 Å². The van der Waals surface area contributed by atoms with Crippen LogP contribution >= 0.6 is 0 Å². The van der Waals surface area contributed by atoms with Gasteiger partial charge in [-0.25, -0.2) is 9.97 Å². The molecule has 3 aromatic rings. The first-order chi connectivity index (χ1) is 10.1. The van der Waals surface area contributed by atoms with E-state index in [1.165, 1.54) is 12.1 Å². The van der Waals surface area contributed by atoms with Crippen LogP contribution < -0.4 is 11.1 Å². The van der Waals surface area contributed by atoms with Gasteiger partial charge in [0.2, 0.25) is 0 Å². The second kappa shape index (κ2) is 4.75. The van der Waals surface area contributed by atoms with E-state index in [-0.39, 0.29) is 11.4 Å². The molecule has 106 valence electrons. The van der Waals surface area contributed by atoms with E-state index < -0.39 is 4.92 Å². The number of imidazole rings is 1. The highest BCUT2D eigenvalue weighted by Gasteiger charge is 2.15. The molecule has 0 fully saturated rings. The molecule has 2 aromatic heterocycles. The van der Waals surface area contributed by atoms with Gasteiger partial charge in [0.25, 0.3) is 5.69 Å². The molecule has 0 unspecified atom stereocenters. The first kappa shape index (κ1) is 12.9. The van der Waals surface area contributed by atoms with E-state index in [0.29, 0.717) is 22.9 Å². The van der Waals surface area contributed by atoms with Crippen LogP contribution in [0.3, 0.4) is 0 Å². The normalized spacial score (nSPS) is 10.7. The predicted octanol–water partition coefficient (Wildman–Crippen LogP) is 2.16. The summed E-state index contributed by atoms with van der Waals surface area (Å²) in [5, 5.41) is 13.9. The number of nitrogens with one attached hydrogen (secondary N) is 2. The van der Waals surface area contributed by atoms with Crippen LogP contribution in [0.15, 0.2) is 30.3 Å². The zero-order valence-corrected chi connectivity index (χ0v) is 11.1. The van der Waals surface area contributed by atoms with E-state index in [2.05, 4.69) is 20.3 Å². The topological polar surface area (TPSA) is 123 Å². The molecule has 0 bridgehead atoms. The van der Waals surface area contributed by atoms with Gasteiger partial charge in [-0.05, 0) is 24.3 Å². The summed E-state index contributed by atoms with van der Waals surface area (Å²) in [6, 6.07) is 8.23. The Morgan fingerprint density at radius 2 is 2.10 bits per heavy atom. The summed E-state index contributed by atoms with van der Waals surface area (Å²) in [6.07, 6.45) is 0. The standard InChI is InChI=1S/C13H12N6O2/c1-15-11-5-4-9-13(17-11)18-12(16-9)7-2-3-8(14)10(6-7)19(20)21/h2-6H,14H2,1H3,(H2,15,16,17,18). The predicted molar refractivity (Wildman–Crippen MR) is 79.9 cm³/mol. The first-order valence-electron chi connectivity index (χ1n) is 6.17. The minimum atomic E-state index is -0.515. The SMILES string of the molecule is CNc1ccc2[nH]c(-c3ccc(N)c([N+](=O)[O-])c3)nc2n1. The maximum Gasteiger partial charge on any atom is 0.292 e. The van der Waals surface area contributed by atoms with E-state index in [0.717, 1.165) is 5.52 Å². The maximum atomic E-state index is 10.9. The molecule has 0 aliphatic heterocycles. The Hall–Kier alpha value is -3.16. The molecule has 8 nitrogen and oxygen atoms in total. The van der Waals surface area contributed by atoms with Crippen LogP contribution in [0.1, 0.15) is 0 Å². The van der Waals surface area contributed by atoms with Crippen molar-refractivity contribution in [3.05, 3.63) is 40.4 Å². The number of nitrogens with two attached hydrogens (primary N) is 1. The molecular weight excluding hydrogens is 272 g/mol. The molecule has 0 spiro atoms. The number of anilines is 2. The van der Waals surface area contributed by atoms with Crippen molar-refractivity contribution in [2.24, 2.45) is 0 Å². The quantitative estimate of drug-likeness (QED) is 0.384. The Morgan fingerprint density at radius 1 is 1.29 bits per heavy atom. The molecule has 0 atom stereocenters. The number of H-pyrrole nitrogens is 1. The fraction of sp³-hybridized carbons (Fsp3) is 0.0769. The second-order valence-electron chi connectivity index (χ2n) is 4.43. The number of fused-ring (bicyclic) bond motifs is 1. The van der Waals surface area contributed by atoms with Crippen molar-refractivity contribution in [2.45, 2.75) is 0 Å². The molecule has 0 saturated heterocycles. The third-order valence-electron chi connectivity index (χ3n) is 3.10. The van der Waals surface area contributed by atoms with Crippen molar-refractivity contribution < 1.29 is 4.92 Å². The highest BCUT2D eigenvalue weighted by molar-refractivity contribution is 5.79. The van der Waals surface area contributed by atoms with Gasteiger partial charge in [-0.3, -0.25) is 10.1 Å². The lowest BCUT2D eigenvalue weighted by molar-refractivity contribution is -0.383. The van der Waals surface area contributed by atoms with Crippen molar-refractivity contribution in [2.75, 3.05) is 18.1 Å². The lowest BCUT2D eigenvalue weighted by atomic mass is 10.1. The largest absolute Gasteiger partial charge is 0.393 e. The molecule has 2 heterocycles. The lowest BCUT2D eigenvalue weighted by Gasteiger charge is -1.99. The van der Waals surface area contributed by atoms with E-state index >= 15 is 0 Å². The van der Waals surface area contributed by atoms with Gasteiger partial charge in [-0.1, -0.05) is 0 Å². The molecule has 1 aromatic carbocycles. The number of nitro benzene ring substituents is 1. The molecule has 0 aliphatic rings. The Bertz CT molecular complexity index is 842. The lowest BCUT2D eigenvalue weighted by Crippen LogP contribution is -1.96. The first-order valence-corrected chi connectivity index (χ1v) is 6.17. The zero-order valence-electron chi connectivity index (χ0n) is 11.1. The summed E-state index contributed by atoms with van der Waals surface area (Å²) in [6.45, 7) is 0. The number of aromatic amines is 1. The average molecular weight is 284 g/mol. The number of hydrogen-bond donors (Lipinski definition) is 3. The number of hydrogen-bond acceptors (Lipinski definition) is 6. The van der Waals surface area contributed by atoms with Gasteiger partial charge in [0.15, 0.2) is 5.65 Å². The summed E-state index contributed by atoms with van der Waals surface area (Å²) < 4.78 is 0. The Kier molecular flexibility index (Phi) is 2.90. The van der Waals surface area contributed by atoms with Crippen LogP contribution in [-0.4, -0.2) is 26.9 Å². The number of nitrogen functional groups attached to an aromatic ring is 1. The number of nitro groups is 1. The van der Waals surface area contributed by atoms with Gasteiger partial charge in [-0.15, -0.1) is 0 Å². The minimum Gasteiger partial charge on any atom is -0.393 e. The van der Waals surface area contributed by atoms with Gasteiger partial charge >= 0.3 is 0 Å². The number of aromatic nitrogens is 3. The third-order valence-corrected chi connectivity index (χ3v) is 3.10. The van der Waals surface area contributed by atoms with E-state index in [4.69, 9.17) is 5.73 Å². The smallest absolute Gasteiger partial charge is 0.292 e. The van der Waals surface area contributed by atoms with E-state index in [9.17, 15) is 10.1 Å². The monoisotopic (exact) mass is 284 g/mol. The Balaban J connectivity index is 2.12. The average Bonchev–Trinajstić information content (AvgIpc) is 2.90. The van der Waals surface area contributed by atoms with Gasteiger partial charge in [0.05, 0.1) is 10.4 Å². The minimum absolute atomic E-state index is 0.121. The molecule has 21 heavy (non-hydrogen) atoms. The number of benzene rings is 1. The summed E-state index contributed by atoms with van der Waals surface area (Å²) >= 11 is 0. The summed E-state index contributed by atoms with van der Waals surface area (Å²) in [7, 11) is 1.77. The van der Waals surface area contributed by atoms with Gasteiger partial charge in [0.1, 0.15) is 17.3 Å². The molecular formula is C13H12N6O2. The van der Waals surface area contributed by atoms with Crippen molar-refractivity contribution >= 4 is 28.4 Å². The zero-order chi connectivity index (χ0) is 15.0. The number of pyridine rings is 1. The van der Waals surface area contributed by atoms with Crippen LogP contribution in [0.4, 0.5) is 17.2 Å². The maximum absolute atomic E-state index is 10.9. The molecule has 0 radical (unpaired) electrons. The van der Waals surface area contributed by atoms with Crippen LogP contribution in [-0.2, 0) is 0 Å². The summed E-state index contributed by atoms with van der Waals surface area (Å²) in [5.74, 6) is 1.21. The van der Waals surface area contributed by atoms with Crippen LogP contribution in [0, 0.1) is 10.1 Å². The molecule has 0 aliphatic carbocycles. The molecule has 8 heteroatoms. The molecule has 3 rings (SSSR count).